The maximum absolute atomic E-state index is 5.61. The van der Waals surface area contributed by atoms with Crippen molar-refractivity contribution in [2.24, 2.45) is 0 Å². The van der Waals surface area contributed by atoms with Crippen molar-refractivity contribution < 1.29 is 13.9 Å². The van der Waals surface area contributed by atoms with Gasteiger partial charge in [-0.2, -0.15) is 0 Å². The molecule has 0 saturated carbocycles. The number of hydrogen-bond donors (Lipinski definition) is 0. The molecule has 0 atom stereocenters. The Balaban J connectivity index is 1.75. The van der Waals surface area contributed by atoms with Gasteiger partial charge in [-0.05, 0) is 36.2 Å². The zero-order valence-corrected chi connectivity index (χ0v) is 12.0. The highest BCUT2D eigenvalue weighted by molar-refractivity contribution is 5.67. The van der Waals surface area contributed by atoms with E-state index in [2.05, 4.69) is 9.97 Å². The van der Waals surface area contributed by atoms with Crippen molar-refractivity contribution in [3.05, 3.63) is 48.0 Å². The number of oxazole rings is 1. The number of benzene rings is 1. The highest BCUT2D eigenvalue weighted by Gasteiger charge is 2.08. The molecule has 0 spiro atoms. The summed E-state index contributed by atoms with van der Waals surface area (Å²) in [5.41, 5.74) is 2.52. The molecule has 0 aliphatic rings. The van der Waals surface area contributed by atoms with Gasteiger partial charge in [-0.3, -0.25) is 0 Å². The molecule has 0 N–H and O–H groups in total. The van der Waals surface area contributed by atoms with E-state index in [1.807, 2.05) is 30.3 Å². The molecule has 5 nitrogen and oxygen atoms in total. The van der Waals surface area contributed by atoms with Gasteiger partial charge in [0.05, 0.1) is 14.2 Å². The lowest BCUT2D eigenvalue weighted by atomic mass is 10.1. The van der Waals surface area contributed by atoms with Crippen molar-refractivity contribution in [2.45, 2.75) is 12.8 Å². The van der Waals surface area contributed by atoms with Crippen molar-refractivity contribution in [2.75, 3.05) is 14.2 Å². The first kappa shape index (κ1) is 13.4. The minimum Gasteiger partial charge on any atom is -0.493 e. The summed E-state index contributed by atoms with van der Waals surface area (Å²) in [6.45, 7) is 0. The molecule has 108 valence electrons. The lowest BCUT2D eigenvalue weighted by Gasteiger charge is -2.08. The number of fused-ring (bicyclic) bond motifs is 1. The number of aryl methyl sites for hydroxylation is 2. The molecule has 0 aliphatic heterocycles. The monoisotopic (exact) mass is 284 g/mol. The van der Waals surface area contributed by atoms with Crippen LogP contribution >= 0.6 is 0 Å². The predicted octanol–water partition coefficient (Wildman–Crippen LogP) is 3.03. The van der Waals surface area contributed by atoms with E-state index >= 15 is 0 Å². The van der Waals surface area contributed by atoms with Crippen molar-refractivity contribution in [3.8, 4) is 11.5 Å². The van der Waals surface area contributed by atoms with E-state index in [1.54, 1.807) is 20.4 Å². The Hall–Kier alpha value is -2.56. The topological polar surface area (TPSA) is 57.4 Å². The Morgan fingerprint density at radius 2 is 1.90 bits per heavy atom. The number of pyridine rings is 1. The summed E-state index contributed by atoms with van der Waals surface area (Å²) in [5.74, 6) is 2.15. The van der Waals surface area contributed by atoms with E-state index in [4.69, 9.17) is 13.9 Å². The van der Waals surface area contributed by atoms with Crippen LogP contribution < -0.4 is 9.47 Å². The Morgan fingerprint density at radius 1 is 1.05 bits per heavy atom. The number of nitrogens with zero attached hydrogens (tertiary/aromatic N) is 2. The van der Waals surface area contributed by atoms with Gasteiger partial charge in [0, 0.05) is 12.6 Å². The van der Waals surface area contributed by atoms with Crippen LogP contribution in [0.5, 0.6) is 11.5 Å². The van der Waals surface area contributed by atoms with Crippen molar-refractivity contribution in [1.29, 1.82) is 0 Å². The van der Waals surface area contributed by atoms with Gasteiger partial charge in [-0.25, -0.2) is 9.97 Å². The van der Waals surface area contributed by atoms with Crippen LogP contribution in [-0.2, 0) is 12.8 Å². The van der Waals surface area contributed by atoms with Crippen LogP contribution in [0.25, 0.3) is 11.2 Å². The number of rotatable bonds is 5. The third-order valence-corrected chi connectivity index (χ3v) is 3.29. The van der Waals surface area contributed by atoms with E-state index in [1.165, 1.54) is 0 Å². The van der Waals surface area contributed by atoms with Crippen LogP contribution in [0.2, 0.25) is 0 Å². The number of hydrogen-bond acceptors (Lipinski definition) is 5. The van der Waals surface area contributed by atoms with Crippen LogP contribution in [0, 0.1) is 0 Å². The standard InChI is InChI=1S/C16H16N2O3/c1-19-13-7-5-11(10-14(13)20-2)6-8-15-18-12-4-3-9-17-16(12)21-15/h3-5,7,9-10H,6,8H2,1-2H3. The molecule has 3 aromatic rings. The number of ether oxygens (including phenoxy) is 2. The Labute approximate surface area is 122 Å². The number of aromatic nitrogens is 2. The Morgan fingerprint density at radius 3 is 2.67 bits per heavy atom. The molecule has 0 amide bonds. The first-order valence-corrected chi connectivity index (χ1v) is 6.71. The van der Waals surface area contributed by atoms with Crippen molar-refractivity contribution in [1.82, 2.24) is 9.97 Å². The van der Waals surface area contributed by atoms with Crippen LogP contribution in [-0.4, -0.2) is 24.2 Å². The quantitative estimate of drug-likeness (QED) is 0.720. The Bertz CT molecular complexity index is 719. The molecule has 0 bridgehead atoms. The molecule has 3 rings (SSSR count). The molecule has 0 aliphatic carbocycles. The van der Waals surface area contributed by atoms with E-state index in [0.717, 1.165) is 29.0 Å². The molecule has 0 saturated heterocycles. The average Bonchev–Trinajstić information content (AvgIpc) is 2.95. The van der Waals surface area contributed by atoms with E-state index in [9.17, 15) is 0 Å². The van der Waals surface area contributed by atoms with Gasteiger partial charge in [-0.15, -0.1) is 0 Å². The van der Waals surface area contributed by atoms with Gasteiger partial charge in [-0.1, -0.05) is 6.07 Å². The van der Waals surface area contributed by atoms with Gasteiger partial charge in [0.2, 0.25) is 5.71 Å². The SMILES string of the molecule is COc1ccc(CCc2nc3cccnc3o2)cc1OC. The molecule has 0 radical (unpaired) electrons. The summed E-state index contributed by atoms with van der Waals surface area (Å²) in [6.07, 6.45) is 3.23. The third-order valence-electron chi connectivity index (χ3n) is 3.29. The Kier molecular flexibility index (Phi) is 3.73. The summed E-state index contributed by atoms with van der Waals surface area (Å²) >= 11 is 0. The predicted molar refractivity (Wildman–Crippen MR) is 78.8 cm³/mol. The summed E-state index contributed by atoms with van der Waals surface area (Å²) < 4.78 is 16.1. The fourth-order valence-electron chi connectivity index (χ4n) is 2.21. The van der Waals surface area contributed by atoms with Crippen LogP contribution in [0.1, 0.15) is 11.5 Å². The maximum Gasteiger partial charge on any atom is 0.246 e. The average molecular weight is 284 g/mol. The largest absolute Gasteiger partial charge is 0.493 e. The summed E-state index contributed by atoms with van der Waals surface area (Å²) in [5, 5.41) is 0. The van der Waals surface area contributed by atoms with E-state index in [-0.39, 0.29) is 0 Å². The van der Waals surface area contributed by atoms with Gasteiger partial charge in [0.1, 0.15) is 5.52 Å². The molecule has 1 aromatic carbocycles. The third kappa shape index (κ3) is 2.81. The molecule has 2 aromatic heterocycles. The molecule has 5 heteroatoms. The second-order valence-corrected chi connectivity index (χ2v) is 4.62. The van der Waals surface area contributed by atoms with Gasteiger partial charge in [0.15, 0.2) is 17.4 Å². The van der Waals surface area contributed by atoms with Gasteiger partial charge >= 0.3 is 0 Å². The molecule has 0 fully saturated rings. The first-order chi connectivity index (χ1) is 10.3. The smallest absolute Gasteiger partial charge is 0.246 e. The summed E-state index contributed by atoms with van der Waals surface area (Å²) in [6, 6.07) is 9.64. The fourth-order valence-corrected chi connectivity index (χ4v) is 2.21. The summed E-state index contributed by atoms with van der Waals surface area (Å²) in [7, 11) is 3.26. The number of methoxy groups -OCH3 is 2. The molecule has 21 heavy (non-hydrogen) atoms. The van der Waals surface area contributed by atoms with Crippen LogP contribution in [0.3, 0.4) is 0 Å². The normalized spacial score (nSPS) is 10.8. The van der Waals surface area contributed by atoms with Crippen LogP contribution in [0.4, 0.5) is 0 Å². The van der Waals surface area contributed by atoms with E-state index < -0.39 is 0 Å². The highest BCUT2D eigenvalue weighted by atomic mass is 16.5. The summed E-state index contributed by atoms with van der Waals surface area (Å²) in [4.78, 5) is 8.56. The molecule has 0 unspecified atom stereocenters. The fraction of sp³-hybridized carbons (Fsp3) is 0.250. The zero-order valence-electron chi connectivity index (χ0n) is 12.0. The van der Waals surface area contributed by atoms with Crippen molar-refractivity contribution >= 4 is 11.2 Å². The molecular weight excluding hydrogens is 268 g/mol. The maximum atomic E-state index is 5.61. The van der Waals surface area contributed by atoms with Gasteiger partial charge < -0.3 is 13.9 Å². The zero-order chi connectivity index (χ0) is 14.7. The van der Waals surface area contributed by atoms with Crippen molar-refractivity contribution in [3.63, 3.8) is 0 Å². The lowest BCUT2D eigenvalue weighted by molar-refractivity contribution is 0.354. The minimum atomic E-state index is 0.583. The minimum absolute atomic E-state index is 0.583. The molecule has 2 heterocycles. The first-order valence-electron chi connectivity index (χ1n) is 6.71. The van der Waals surface area contributed by atoms with Crippen LogP contribution in [0.15, 0.2) is 40.9 Å². The van der Waals surface area contributed by atoms with Gasteiger partial charge in [0.25, 0.3) is 0 Å². The second-order valence-electron chi connectivity index (χ2n) is 4.62. The lowest BCUT2D eigenvalue weighted by Crippen LogP contribution is -1.95. The second kappa shape index (κ2) is 5.83. The molecular formula is C16H16N2O3. The highest BCUT2D eigenvalue weighted by Crippen LogP contribution is 2.28. The van der Waals surface area contributed by atoms with E-state index in [0.29, 0.717) is 18.0 Å².